The number of H-pyrrole nitrogens is 1. The van der Waals surface area contributed by atoms with Crippen LogP contribution in [0.1, 0.15) is 5.69 Å². The van der Waals surface area contributed by atoms with Crippen LogP contribution >= 0.6 is 0 Å². The van der Waals surface area contributed by atoms with Crippen LogP contribution in [0.3, 0.4) is 0 Å². The Morgan fingerprint density at radius 3 is 2.57 bits per heavy atom. The minimum absolute atomic E-state index is 0.104. The summed E-state index contributed by atoms with van der Waals surface area (Å²) in [6.45, 7) is 1.76. The molecule has 0 amide bonds. The lowest BCUT2D eigenvalue weighted by molar-refractivity contribution is 0.751. The van der Waals surface area contributed by atoms with Gasteiger partial charge in [0.25, 0.3) is 11.1 Å². The number of aromatic nitrogens is 3. The van der Waals surface area contributed by atoms with Crippen LogP contribution < -0.4 is 11.1 Å². The topological polar surface area (TPSA) is 59.8 Å². The van der Waals surface area contributed by atoms with Gasteiger partial charge in [-0.1, -0.05) is 0 Å². The molecule has 0 atom stereocenters. The van der Waals surface area contributed by atoms with Crippen LogP contribution in [0.15, 0.2) is 15.7 Å². The number of rotatable bonds is 0. The zero-order valence-corrected chi connectivity index (χ0v) is 8.29. The Kier molecular flexibility index (Phi) is 1.64. The van der Waals surface area contributed by atoms with E-state index in [1.807, 2.05) is 0 Å². The van der Waals surface area contributed by atoms with Gasteiger partial charge in [0.1, 0.15) is 0 Å². The second-order valence-corrected chi connectivity index (χ2v) is 3.39. The second kappa shape index (κ2) is 2.60. The number of hydrogen-bond donors (Lipinski definition) is 1. The molecule has 5 heteroatoms. The van der Waals surface area contributed by atoms with E-state index in [1.54, 1.807) is 21.0 Å². The number of nitrogens with zero attached hydrogens (tertiary/aromatic N) is 2. The zero-order valence-electron chi connectivity index (χ0n) is 8.29. The second-order valence-electron chi connectivity index (χ2n) is 3.39. The standard InChI is InChI=1S/C9H11N3O2/c1-5-8-6(4-7(13)11(5)2)10-12(3)9(8)14/h4,10H,1-3H3. The third kappa shape index (κ3) is 0.951. The van der Waals surface area contributed by atoms with Crippen molar-refractivity contribution in [2.24, 2.45) is 14.1 Å². The summed E-state index contributed by atoms with van der Waals surface area (Å²) in [5.41, 5.74) is 1.07. The Morgan fingerprint density at radius 1 is 1.29 bits per heavy atom. The minimum Gasteiger partial charge on any atom is -0.315 e. The lowest BCUT2D eigenvalue weighted by atomic mass is 10.2. The zero-order chi connectivity index (χ0) is 10.5. The molecule has 2 aromatic heterocycles. The summed E-state index contributed by atoms with van der Waals surface area (Å²) >= 11 is 0. The Hall–Kier alpha value is -1.78. The third-order valence-corrected chi connectivity index (χ3v) is 2.54. The Bertz CT molecular complexity index is 615. The van der Waals surface area contributed by atoms with Crippen molar-refractivity contribution < 1.29 is 0 Å². The number of aromatic amines is 1. The number of fused-ring (bicyclic) bond motifs is 1. The van der Waals surface area contributed by atoms with E-state index in [0.29, 0.717) is 16.6 Å². The lowest BCUT2D eigenvalue weighted by Gasteiger charge is -2.01. The molecule has 5 nitrogen and oxygen atoms in total. The first-order chi connectivity index (χ1) is 6.52. The summed E-state index contributed by atoms with van der Waals surface area (Å²) < 4.78 is 2.84. The van der Waals surface area contributed by atoms with Crippen LogP contribution in [0.2, 0.25) is 0 Å². The molecule has 0 saturated carbocycles. The fourth-order valence-electron chi connectivity index (χ4n) is 1.58. The van der Waals surface area contributed by atoms with Crippen LogP contribution in [0.5, 0.6) is 0 Å². The van der Waals surface area contributed by atoms with Crippen LogP contribution in [0.4, 0.5) is 0 Å². The van der Waals surface area contributed by atoms with E-state index in [0.717, 1.165) is 0 Å². The summed E-state index contributed by atoms with van der Waals surface area (Å²) in [6.07, 6.45) is 0. The molecule has 74 valence electrons. The van der Waals surface area contributed by atoms with Crippen molar-refractivity contribution in [2.45, 2.75) is 6.92 Å². The molecule has 0 aliphatic carbocycles. The highest BCUT2D eigenvalue weighted by atomic mass is 16.1. The maximum atomic E-state index is 11.6. The van der Waals surface area contributed by atoms with E-state index >= 15 is 0 Å². The Balaban J connectivity index is 3.15. The van der Waals surface area contributed by atoms with E-state index in [1.165, 1.54) is 15.3 Å². The first kappa shape index (κ1) is 8.80. The van der Waals surface area contributed by atoms with Crippen LogP contribution in [0.25, 0.3) is 10.9 Å². The van der Waals surface area contributed by atoms with E-state index < -0.39 is 0 Å². The molecule has 2 aromatic rings. The summed E-state index contributed by atoms with van der Waals surface area (Å²) in [4.78, 5) is 23.0. The van der Waals surface area contributed by atoms with Gasteiger partial charge in [-0.15, -0.1) is 0 Å². The fraction of sp³-hybridized carbons (Fsp3) is 0.333. The summed E-state index contributed by atoms with van der Waals surface area (Å²) in [7, 11) is 3.29. The van der Waals surface area contributed by atoms with Gasteiger partial charge < -0.3 is 4.57 Å². The average molecular weight is 193 g/mol. The van der Waals surface area contributed by atoms with Gasteiger partial charge in [-0.25, -0.2) is 0 Å². The molecule has 0 aliphatic heterocycles. The molecule has 0 aliphatic rings. The maximum absolute atomic E-state index is 11.6. The van der Waals surface area contributed by atoms with Crippen molar-refractivity contribution in [3.05, 3.63) is 32.5 Å². The van der Waals surface area contributed by atoms with E-state index in [9.17, 15) is 9.59 Å². The molecule has 0 radical (unpaired) electrons. The predicted octanol–water partition coefficient (Wildman–Crippen LogP) is -0.126. The summed E-state index contributed by atoms with van der Waals surface area (Å²) in [5, 5.41) is 3.40. The molecule has 1 N–H and O–H groups in total. The van der Waals surface area contributed by atoms with E-state index in [2.05, 4.69) is 5.10 Å². The lowest BCUT2D eigenvalue weighted by Crippen LogP contribution is -2.19. The van der Waals surface area contributed by atoms with E-state index in [4.69, 9.17) is 0 Å². The molecule has 0 saturated heterocycles. The summed E-state index contributed by atoms with van der Waals surface area (Å²) in [6, 6.07) is 1.43. The van der Waals surface area contributed by atoms with Crippen LogP contribution in [-0.4, -0.2) is 14.3 Å². The molecule has 14 heavy (non-hydrogen) atoms. The third-order valence-electron chi connectivity index (χ3n) is 2.54. The highest BCUT2D eigenvalue weighted by Crippen LogP contribution is 2.08. The van der Waals surface area contributed by atoms with Crippen LogP contribution in [-0.2, 0) is 14.1 Å². The normalized spacial score (nSPS) is 11.1. The van der Waals surface area contributed by atoms with Crippen LogP contribution in [0, 0.1) is 6.92 Å². The first-order valence-electron chi connectivity index (χ1n) is 4.27. The van der Waals surface area contributed by atoms with Crippen molar-refractivity contribution in [1.82, 2.24) is 14.3 Å². The van der Waals surface area contributed by atoms with Gasteiger partial charge in [-0.05, 0) is 6.92 Å². The number of nitrogens with one attached hydrogen (secondary N) is 1. The predicted molar refractivity (Wildman–Crippen MR) is 53.5 cm³/mol. The maximum Gasteiger partial charge on any atom is 0.275 e. The van der Waals surface area contributed by atoms with Crippen molar-refractivity contribution >= 4 is 10.9 Å². The summed E-state index contributed by atoms with van der Waals surface area (Å²) in [5.74, 6) is 0. The molecule has 0 aromatic carbocycles. The van der Waals surface area contributed by atoms with Gasteiger partial charge >= 0.3 is 0 Å². The fourth-order valence-corrected chi connectivity index (χ4v) is 1.58. The van der Waals surface area contributed by atoms with Gasteiger partial charge in [0.2, 0.25) is 0 Å². The van der Waals surface area contributed by atoms with Gasteiger partial charge in [0.15, 0.2) is 0 Å². The molecular formula is C9H11N3O2. The molecule has 0 bridgehead atoms. The van der Waals surface area contributed by atoms with Gasteiger partial charge in [0, 0.05) is 25.9 Å². The number of pyridine rings is 1. The highest BCUT2D eigenvalue weighted by Gasteiger charge is 2.09. The van der Waals surface area contributed by atoms with E-state index in [-0.39, 0.29) is 11.1 Å². The highest BCUT2D eigenvalue weighted by molar-refractivity contribution is 5.79. The molecule has 0 unspecified atom stereocenters. The van der Waals surface area contributed by atoms with Gasteiger partial charge in [0.05, 0.1) is 10.9 Å². The minimum atomic E-state index is -0.114. The Morgan fingerprint density at radius 2 is 1.93 bits per heavy atom. The largest absolute Gasteiger partial charge is 0.315 e. The first-order valence-corrected chi connectivity index (χ1v) is 4.27. The van der Waals surface area contributed by atoms with Crippen molar-refractivity contribution in [3.8, 4) is 0 Å². The van der Waals surface area contributed by atoms with Crippen molar-refractivity contribution in [3.63, 3.8) is 0 Å². The van der Waals surface area contributed by atoms with Crippen molar-refractivity contribution in [2.75, 3.05) is 0 Å². The quantitative estimate of drug-likeness (QED) is 0.633. The number of hydrogen-bond acceptors (Lipinski definition) is 2. The Labute approximate surface area is 79.6 Å². The molecule has 2 rings (SSSR count). The molecule has 0 spiro atoms. The van der Waals surface area contributed by atoms with Crippen molar-refractivity contribution in [1.29, 1.82) is 0 Å². The SMILES string of the molecule is Cc1c2c(=O)n(C)[nH]c2cc(=O)n1C. The average Bonchev–Trinajstić information content (AvgIpc) is 2.39. The number of aryl methyl sites for hydroxylation is 2. The molecular weight excluding hydrogens is 182 g/mol. The van der Waals surface area contributed by atoms with Gasteiger partial charge in [-0.2, -0.15) is 0 Å². The smallest absolute Gasteiger partial charge is 0.275 e. The molecule has 2 heterocycles. The monoisotopic (exact) mass is 193 g/mol. The van der Waals surface area contributed by atoms with Gasteiger partial charge in [-0.3, -0.25) is 19.4 Å². The molecule has 0 fully saturated rings.